The van der Waals surface area contributed by atoms with Crippen molar-refractivity contribution in [1.29, 1.82) is 0 Å². The van der Waals surface area contributed by atoms with Crippen LogP contribution in [0.2, 0.25) is 0 Å². The van der Waals surface area contributed by atoms with Gasteiger partial charge in [0.2, 0.25) is 5.91 Å². The summed E-state index contributed by atoms with van der Waals surface area (Å²) in [6.07, 6.45) is 0.918. The number of rotatable bonds is 2. The Morgan fingerprint density at radius 1 is 1.46 bits per heavy atom. The standard InChI is InChI=1S/C10H20N2O/c1-5-9-10(13)11(4)6-7-12(9)8(2)3/h8-9H,5-7H2,1-4H3. The molecular weight excluding hydrogens is 164 g/mol. The summed E-state index contributed by atoms with van der Waals surface area (Å²) in [6, 6.07) is 0.585. The Kier molecular flexibility index (Phi) is 3.31. The molecular formula is C10H20N2O. The third kappa shape index (κ3) is 2.02. The van der Waals surface area contributed by atoms with E-state index in [2.05, 4.69) is 25.7 Å². The number of piperazine rings is 1. The normalized spacial score (nSPS) is 25.8. The monoisotopic (exact) mass is 184 g/mol. The number of nitrogens with zero attached hydrogens (tertiary/aromatic N) is 2. The van der Waals surface area contributed by atoms with Gasteiger partial charge in [-0.15, -0.1) is 0 Å². The molecule has 0 aliphatic carbocycles. The zero-order chi connectivity index (χ0) is 10.0. The summed E-state index contributed by atoms with van der Waals surface area (Å²) in [5.41, 5.74) is 0. The van der Waals surface area contributed by atoms with Crippen LogP contribution in [0.15, 0.2) is 0 Å². The molecule has 1 fully saturated rings. The fourth-order valence-corrected chi connectivity index (χ4v) is 1.95. The molecule has 0 saturated carbocycles. The van der Waals surface area contributed by atoms with Crippen molar-refractivity contribution in [3.05, 3.63) is 0 Å². The first-order chi connectivity index (χ1) is 6.07. The van der Waals surface area contributed by atoms with Gasteiger partial charge in [-0.1, -0.05) is 6.92 Å². The van der Waals surface area contributed by atoms with E-state index in [-0.39, 0.29) is 11.9 Å². The van der Waals surface area contributed by atoms with Crippen molar-refractivity contribution < 1.29 is 4.79 Å². The summed E-state index contributed by atoms with van der Waals surface area (Å²) in [7, 11) is 1.89. The lowest BCUT2D eigenvalue weighted by Crippen LogP contribution is -2.57. The number of carbonyl (C=O) groups is 1. The number of carbonyl (C=O) groups excluding carboxylic acids is 1. The molecule has 1 aliphatic rings. The van der Waals surface area contributed by atoms with Crippen LogP contribution in [0.4, 0.5) is 0 Å². The Bertz CT molecular complexity index is 191. The van der Waals surface area contributed by atoms with E-state index in [4.69, 9.17) is 0 Å². The molecule has 0 bridgehead atoms. The summed E-state index contributed by atoms with van der Waals surface area (Å²) in [5, 5.41) is 0. The van der Waals surface area contributed by atoms with Gasteiger partial charge < -0.3 is 4.90 Å². The predicted octanol–water partition coefficient (Wildman–Crippen LogP) is 0.947. The van der Waals surface area contributed by atoms with Gasteiger partial charge in [-0.25, -0.2) is 0 Å². The first-order valence-electron chi connectivity index (χ1n) is 5.08. The molecule has 1 rings (SSSR count). The third-order valence-electron chi connectivity index (χ3n) is 2.81. The molecule has 0 spiro atoms. The Morgan fingerprint density at radius 3 is 2.54 bits per heavy atom. The van der Waals surface area contributed by atoms with Crippen molar-refractivity contribution in [2.24, 2.45) is 0 Å². The largest absolute Gasteiger partial charge is 0.343 e. The van der Waals surface area contributed by atoms with E-state index in [9.17, 15) is 4.79 Å². The third-order valence-corrected chi connectivity index (χ3v) is 2.81. The van der Waals surface area contributed by atoms with Crippen LogP contribution in [0, 0.1) is 0 Å². The van der Waals surface area contributed by atoms with E-state index < -0.39 is 0 Å². The van der Waals surface area contributed by atoms with Crippen LogP contribution in [-0.4, -0.2) is 47.9 Å². The first-order valence-corrected chi connectivity index (χ1v) is 5.08. The summed E-state index contributed by atoms with van der Waals surface area (Å²) < 4.78 is 0. The molecule has 1 saturated heterocycles. The van der Waals surface area contributed by atoms with Crippen LogP contribution >= 0.6 is 0 Å². The van der Waals surface area contributed by atoms with Crippen molar-refractivity contribution >= 4 is 5.91 Å². The zero-order valence-corrected chi connectivity index (χ0v) is 9.08. The quantitative estimate of drug-likeness (QED) is 0.638. The number of hydrogen-bond acceptors (Lipinski definition) is 2. The van der Waals surface area contributed by atoms with Gasteiger partial charge in [0.1, 0.15) is 0 Å². The Balaban J connectivity index is 2.72. The lowest BCUT2D eigenvalue weighted by Gasteiger charge is -2.41. The summed E-state index contributed by atoms with van der Waals surface area (Å²) in [4.78, 5) is 15.9. The van der Waals surface area contributed by atoms with Gasteiger partial charge in [0.25, 0.3) is 0 Å². The second-order valence-electron chi connectivity index (χ2n) is 4.02. The molecule has 1 heterocycles. The van der Waals surface area contributed by atoms with Gasteiger partial charge in [0.15, 0.2) is 0 Å². The minimum absolute atomic E-state index is 0.110. The van der Waals surface area contributed by atoms with Gasteiger partial charge in [-0.2, -0.15) is 0 Å². The first kappa shape index (κ1) is 10.5. The van der Waals surface area contributed by atoms with Crippen LogP contribution in [-0.2, 0) is 4.79 Å². The van der Waals surface area contributed by atoms with Crippen LogP contribution in [0.25, 0.3) is 0 Å². The topological polar surface area (TPSA) is 23.6 Å². The zero-order valence-electron chi connectivity index (χ0n) is 9.08. The fourth-order valence-electron chi connectivity index (χ4n) is 1.95. The van der Waals surface area contributed by atoms with Crippen molar-refractivity contribution in [2.75, 3.05) is 20.1 Å². The van der Waals surface area contributed by atoms with Crippen molar-refractivity contribution in [3.8, 4) is 0 Å². The molecule has 76 valence electrons. The van der Waals surface area contributed by atoms with Crippen LogP contribution in [0.1, 0.15) is 27.2 Å². The molecule has 1 atom stereocenters. The molecule has 0 N–H and O–H groups in total. The van der Waals surface area contributed by atoms with Gasteiger partial charge in [0, 0.05) is 26.2 Å². The van der Waals surface area contributed by atoms with Crippen LogP contribution < -0.4 is 0 Å². The molecule has 13 heavy (non-hydrogen) atoms. The highest BCUT2D eigenvalue weighted by Gasteiger charge is 2.32. The average molecular weight is 184 g/mol. The Hall–Kier alpha value is -0.570. The van der Waals surface area contributed by atoms with Gasteiger partial charge in [-0.3, -0.25) is 9.69 Å². The highest BCUT2D eigenvalue weighted by molar-refractivity contribution is 5.82. The van der Waals surface area contributed by atoms with Crippen molar-refractivity contribution in [3.63, 3.8) is 0 Å². The van der Waals surface area contributed by atoms with E-state index in [0.717, 1.165) is 19.5 Å². The lowest BCUT2D eigenvalue weighted by atomic mass is 10.1. The molecule has 0 aromatic rings. The summed E-state index contributed by atoms with van der Waals surface area (Å²) in [5.74, 6) is 0.280. The average Bonchev–Trinajstić information content (AvgIpc) is 2.09. The number of amides is 1. The van der Waals surface area contributed by atoms with Gasteiger partial charge in [0.05, 0.1) is 6.04 Å². The lowest BCUT2D eigenvalue weighted by molar-refractivity contribution is -0.141. The number of hydrogen-bond donors (Lipinski definition) is 0. The molecule has 1 aliphatic heterocycles. The van der Waals surface area contributed by atoms with E-state index in [0.29, 0.717) is 6.04 Å². The second-order valence-corrected chi connectivity index (χ2v) is 4.02. The van der Waals surface area contributed by atoms with E-state index in [1.807, 2.05) is 11.9 Å². The predicted molar refractivity (Wildman–Crippen MR) is 53.6 cm³/mol. The fraction of sp³-hybridized carbons (Fsp3) is 0.900. The van der Waals surface area contributed by atoms with Gasteiger partial charge >= 0.3 is 0 Å². The molecule has 0 aromatic heterocycles. The maximum absolute atomic E-state index is 11.8. The van der Waals surface area contributed by atoms with E-state index in [1.54, 1.807) is 0 Å². The Labute approximate surface area is 80.7 Å². The molecule has 3 nitrogen and oxygen atoms in total. The van der Waals surface area contributed by atoms with E-state index in [1.165, 1.54) is 0 Å². The molecule has 0 radical (unpaired) electrons. The smallest absolute Gasteiger partial charge is 0.239 e. The second kappa shape index (κ2) is 4.09. The highest BCUT2D eigenvalue weighted by atomic mass is 16.2. The van der Waals surface area contributed by atoms with Crippen LogP contribution in [0.3, 0.4) is 0 Å². The van der Waals surface area contributed by atoms with Crippen molar-refractivity contribution in [2.45, 2.75) is 39.3 Å². The Morgan fingerprint density at radius 2 is 2.08 bits per heavy atom. The maximum Gasteiger partial charge on any atom is 0.239 e. The molecule has 1 amide bonds. The minimum atomic E-state index is 0.110. The summed E-state index contributed by atoms with van der Waals surface area (Å²) >= 11 is 0. The van der Waals surface area contributed by atoms with Crippen LogP contribution in [0.5, 0.6) is 0 Å². The minimum Gasteiger partial charge on any atom is -0.343 e. The maximum atomic E-state index is 11.8. The van der Waals surface area contributed by atoms with Crippen molar-refractivity contribution in [1.82, 2.24) is 9.80 Å². The van der Waals surface area contributed by atoms with Gasteiger partial charge in [-0.05, 0) is 20.3 Å². The molecule has 1 unspecified atom stereocenters. The SMILES string of the molecule is CCC1C(=O)N(C)CCN1C(C)C. The molecule has 3 heteroatoms. The molecule has 0 aromatic carbocycles. The van der Waals surface area contributed by atoms with E-state index >= 15 is 0 Å². The summed E-state index contributed by atoms with van der Waals surface area (Å²) in [6.45, 7) is 8.27. The highest BCUT2D eigenvalue weighted by Crippen LogP contribution is 2.15. The number of likely N-dealkylation sites (N-methyl/N-ethyl adjacent to an activating group) is 1.